The van der Waals surface area contributed by atoms with E-state index >= 15 is 0 Å². The maximum atomic E-state index is 4.18. The predicted octanol–water partition coefficient (Wildman–Crippen LogP) is -0.499. The molecule has 1 aromatic rings. The fourth-order valence-electron chi connectivity index (χ4n) is 1.17. The molecule has 1 unspecified atom stereocenters. The first kappa shape index (κ1) is 8.04. The van der Waals surface area contributed by atoms with Crippen LogP contribution < -0.4 is 10.6 Å². The van der Waals surface area contributed by atoms with Gasteiger partial charge in [-0.2, -0.15) is 0 Å². The van der Waals surface area contributed by atoms with Crippen LogP contribution in [0, 0.1) is 5.92 Å². The van der Waals surface area contributed by atoms with Crippen LogP contribution in [0.15, 0.2) is 11.2 Å². The lowest BCUT2D eigenvalue weighted by molar-refractivity contribution is 0.803. The van der Waals surface area contributed by atoms with Crippen molar-refractivity contribution in [2.45, 2.75) is 13.3 Å². The molecule has 1 atom stereocenters. The maximum absolute atomic E-state index is 4.18. The summed E-state index contributed by atoms with van der Waals surface area (Å²) in [4.78, 5) is 4.18. The summed E-state index contributed by atoms with van der Waals surface area (Å²) >= 11 is 0. The molecule has 1 aromatic heterocycles. The molecular formula is C9H10N4. The van der Waals surface area contributed by atoms with Crippen molar-refractivity contribution in [1.82, 2.24) is 15.4 Å². The minimum atomic E-state index is 0.458. The number of rotatable bonds is 0. The zero-order chi connectivity index (χ0) is 9.10. The second-order valence-electron chi connectivity index (χ2n) is 3.12. The van der Waals surface area contributed by atoms with E-state index in [1.54, 1.807) is 12.4 Å². The summed E-state index contributed by atoms with van der Waals surface area (Å²) < 4.78 is 0. The van der Waals surface area contributed by atoms with Crippen LogP contribution in [0.2, 0.25) is 0 Å². The third-order valence-corrected chi connectivity index (χ3v) is 1.93. The molecule has 4 nitrogen and oxygen atoms in total. The van der Waals surface area contributed by atoms with Gasteiger partial charge in [0.1, 0.15) is 0 Å². The Bertz CT molecular complexity index is 435. The smallest absolute Gasteiger partial charge is 0.0939 e. The van der Waals surface area contributed by atoms with Crippen molar-refractivity contribution in [3.63, 3.8) is 0 Å². The third-order valence-electron chi connectivity index (χ3n) is 1.93. The lowest BCUT2D eigenvalue weighted by Crippen LogP contribution is -2.30. The molecule has 0 bridgehead atoms. The van der Waals surface area contributed by atoms with Crippen molar-refractivity contribution in [1.29, 1.82) is 0 Å². The van der Waals surface area contributed by atoms with Crippen LogP contribution in [-0.4, -0.2) is 21.6 Å². The van der Waals surface area contributed by atoms with Crippen molar-refractivity contribution in [2.24, 2.45) is 10.9 Å². The van der Waals surface area contributed by atoms with Crippen LogP contribution in [0.5, 0.6) is 0 Å². The Hall–Kier alpha value is -1.58. The van der Waals surface area contributed by atoms with Gasteiger partial charge in [-0.05, 0) is 17.6 Å². The fraction of sp³-hybridized carbons (Fsp3) is 0.333. The first-order valence-corrected chi connectivity index (χ1v) is 4.24. The zero-order valence-corrected chi connectivity index (χ0v) is 7.38. The number of aliphatic imine (C=N–C) groups is 1. The van der Waals surface area contributed by atoms with Gasteiger partial charge in [0.25, 0.3) is 0 Å². The molecule has 0 radical (unpaired) electrons. The lowest BCUT2D eigenvalue weighted by atomic mass is 10.1. The molecular weight excluding hydrogens is 164 g/mol. The van der Waals surface area contributed by atoms with E-state index in [0.717, 1.165) is 17.0 Å². The topological polar surface area (TPSA) is 51.0 Å². The largest absolute Gasteiger partial charge is 0.268 e. The number of hydrogen-bond acceptors (Lipinski definition) is 4. The summed E-state index contributed by atoms with van der Waals surface area (Å²) in [5.41, 5.74) is 0. The van der Waals surface area contributed by atoms with Gasteiger partial charge >= 0.3 is 0 Å². The summed E-state index contributed by atoms with van der Waals surface area (Å²) in [7, 11) is 0. The normalized spacial score (nSPS) is 25.8. The van der Waals surface area contributed by atoms with Gasteiger partial charge in [0.15, 0.2) is 0 Å². The number of fused-ring (bicyclic) bond motifs is 1. The van der Waals surface area contributed by atoms with E-state index in [1.807, 2.05) is 6.21 Å². The van der Waals surface area contributed by atoms with Crippen LogP contribution in [0.1, 0.15) is 13.3 Å². The molecule has 0 fully saturated rings. The van der Waals surface area contributed by atoms with Gasteiger partial charge in [-0.15, -0.1) is 10.2 Å². The van der Waals surface area contributed by atoms with Crippen LogP contribution in [0.3, 0.4) is 0 Å². The van der Waals surface area contributed by atoms with E-state index in [-0.39, 0.29) is 0 Å². The van der Waals surface area contributed by atoms with Crippen LogP contribution in [0.25, 0.3) is 12.3 Å². The summed E-state index contributed by atoms with van der Waals surface area (Å²) in [6.45, 7) is 2.12. The molecule has 66 valence electrons. The highest BCUT2D eigenvalue weighted by molar-refractivity contribution is 5.65. The van der Waals surface area contributed by atoms with Crippen molar-refractivity contribution >= 4 is 18.5 Å². The summed E-state index contributed by atoms with van der Waals surface area (Å²) in [5.74, 6) is 0.458. The molecule has 0 aliphatic carbocycles. The molecule has 1 aliphatic rings. The molecule has 0 N–H and O–H groups in total. The molecule has 2 heterocycles. The summed E-state index contributed by atoms with van der Waals surface area (Å²) in [6, 6.07) is 0. The number of aromatic nitrogens is 3. The monoisotopic (exact) mass is 174 g/mol. The Morgan fingerprint density at radius 1 is 1.46 bits per heavy atom. The lowest BCUT2D eigenvalue weighted by Gasteiger charge is -2.00. The summed E-state index contributed by atoms with van der Waals surface area (Å²) in [5, 5.41) is 13.0. The van der Waals surface area contributed by atoms with Crippen molar-refractivity contribution in [2.75, 3.05) is 0 Å². The average Bonchev–Trinajstić information content (AvgIpc) is 2.13. The average molecular weight is 174 g/mol. The highest BCUT2D eigenvalue weighted by Crippen LogP contribution is 1.99. The Morgan fingerprint density at radius 2 is 2.38 bits per heavy atom. The molecule has 2 rings (SSSR count). The molecule has 0 aromatic carbocycles. The van der Waals surface area contributed by atoms with Crippen LogP contribution in [-0.2, 0) is 0 Å². The Morgan fingerprint density at radius 3 is 3.31 bits per heavy atom. The van der Waals surface area contributed by atoms with E-state index in [1.165, 1.54) is 0 Å². The molecule has 0 amide bonds. The zero-order valence-electron chi connectivity index (χ0n) is 7.38. The Balaban J connectivity index is 2.62. The van der Waals surface area contributed by atoms with Gasteiger partial charge in [-0.1, -0.05) is 13.0 Å². The number of nitrogens with zero attached hydrogens (tertiary/aromatic N) is 4. The molecule has 13 heavy (non-hydrogen) atoms. The summed E-state index contributed by atoms with van der Waals surface area (Å²) in [6.07, 6.45) is 8.38. The first-order chi connectivity index (χ1) is 6.36. The van der Waals surface area contributed by atoms with E-state index in [9.17, 15) is 0 Å². The van der Waals surface area contributed by atoms with E-state index < -0.39 is 0 Å². The Labute approximate surface area is 75.7 Å². The van der Waals surface area contributed by atoms with Gasteiger partial charge in [0.05, 0.1) is 11.5 Å². The second-order valence-corrected chi connectivity index (χ2v) is 3.12. The standard InChI is InChI=1S/C9H10N4/c1-7-2-3-9-8(5-10-4-7)6-11-13-12-9/h3-7H,2H2,1H3/b8-5-,9-3-,10-4?. The van der Waals surface area contributed by atoms with Gasteiger partial charge in [0.2, 0.25) is 0 Å². The quantitative estimate of drug-likeness (QED) is 0.533. The van der Waals surface area contributed by atoms with Gasteiger partial charge in [0, 0.05) is 17.6 Å². The highest BCUT2D eigenvalue weighted by atomic mass is 15.3. The maximum Gasteiger partial charge on any atom is 0.0939 e. The minimum Gasteiger partial charge on any atom is -0.268 e. The van der Waals surface area contributed by atoms with E-state index in [4.69, 9.17) is 0 Å². The van der Waals surface area contributed by atoms with Crippen molar-refractivity contribution < 1.29 is 0 Å². The van der Waals surface area contributed by atoms with Crippen molar-refractivity contribution in [3.8, 4) is 0 Å². The SMILES string of the molecule is CC1C=N/C=c2/cnnn/c2=C\C1. The third kappa shape index (κ3) is 1.77. The molecule has 4 heteroatoms. The van der Waals surface area contributed by atoms with E-state index in [2.05, 4.69) is 33.4 Å². The molecule has 0 spiro atoms. The number of hydrogen-bond donors (Lipinski definition) is 0. The second kappa shape index (κ2) is 3.43. The molecule has 1 aliphatic heterocycles. The fourth-order valence-corrected chi connectivity index (χ4v) is 1.17. The minimum absolute atomic E-state index is 0.458. The highest BCUT2D eigenvalue weighted by Gasteiger charge is 1.97. The van der Waals surface area contributed by atoms with Crippen molar-refractivity contribution in [3.05, 3.63) is 16.8 Å². The van der Waals surface area contributed by atoms with Crippen LogP contribution in [0.4, 0.5) is 0 Å². The van der Waals surface area contributed by atoms with Gasteiger partial charge in [-0.3, -0.25) is 4.99 Å². The van der Waals surface area contributed by atoms with E-state index in [0.29, 0.717) is 5.92 Å². The van der Waals surface area contributed by atoms with Gasteiger partial charge < -0.3 is 0 Å². The molecule has 0 saturated heterocycles. The first-order valence-electron chi connectivity index (χ1n) is 4.24. The van der Waals surface area contributed by atoms with Gasteiger partial charge in [-0.25, -0.2) is 0 Å². The van der Waals surface area contributed by atoms with Crippen LogP contribution >= 0.6 is 0 Å². The predicted molar refractivity (Wildman–Crippen MR) is 50.3 cm³/mol. The molecule has 0 saturated carbocycles. The Kier molecular flexibility index (Phi) is 2.12.